The van der Waals surface area contributed by atoms with Crippen LogP contribution in [-0.2, 0) is 6.54 Å². The number of rotatable bonds is 6. The summed E-state index contributed by atoms with van der Waals surface area (Å²) in [5.74, 6) is 1.71. The van der Waals surface area contributed by atoms with Crippen molar-refractivity contribution in [3.8, 4) is 5.75 Å². The van der Waals surface area contributed by atoms with E-state index >= 15 is 0 Å². The largest absolute Gasteiger partial charge is 0.497 e. The summed E-state index contributed by atoms with van der Waals surface area (Å²) in [4.78, 5) is 21.4. The molecule has 2 N–H and O–H groups in total. The Kier molecular flexibility index (Phi) is 4.22. The number of methoxy groups -OCH3 is 1. The third-order valence-corrected chi connectivity index (χ3v) is 4.90. The SMILES string of the molecule is COc1cccc(CNC(=O)c2c(C)oc3ncnc(NC4(C)CC4)c23)c1. The number of hydrogen-bond acceptors (Lipinski definition) is 6. The second-order valence-corrected chi connectivity index (χ2v) is 7.16. The molecule has 7 heteroatoms. The standard InChI is InChI=1S/C20H22N4O3/c1-12-15(18(25)21-10-13-5-4-6-14(9-13)26-3)16-17(24-20(2)7-8-20)22-11-23-19(16)27-12/h4-6,9,11H,7-8,10H2,1-3H3,(H,21,25)(H,22,23,24). The van der Waals surface area contributed by atoms with Crippen LogP contribution in [0.15, 0.2) is 35.0 Å². The van der Waals surface area contributed by atoms with Crippen LogP contribution in [0.5, 0.6) is 5.75 Å². The summed E-state index contributed by atoms with van der Waals surface area (Å²) in [6, 6.07) is 7.59. The Morgan fingerprint density at radius 3 is 2.89 bits per heavy atom. The highest BCUT2D eigenvalue weighted by atomic mass is 16.5. The highest BCUT2D eigenvalue weighted by Gasteiger charge is 2.38. The van der Waals surface area contributed by atoms with Gasteiger partial charge in [0.05, 0.1) is 18.1 Å². The van der Waals surface area contributed by atoms with Crippen molar-refractivity contribution in [3.63, 3.8) is 0 Å². The van der Waals surface area contributed by atoms with Crippen LogP contribution in [-0.4, -0.2) is 28.5 Å². The van der Waals surface area contributed by atoms with E-state index < -0.39 is 0 Å². The van der Waals surface area contributed by atoms with Gasteiger partial charge in [0.2, 0.25) is 5.71 Å². The highest BCUT2D eigenvalue weighted by molar-refractivity contribution is 6.10. The molecular formula is C20H22N4O3. The molecule has 1 saturated carbocycles. The first-order valence-corrected chi connectivity index (χ1v) is 8.92. The molecule has 4 rings (SSSR count). The maximum Gasteiger partial charge on any atom is 0.255 e. The molecule has 0 bridgehead atoms. The molecule has 0 radical (unpaired) electrons. The van der Waals surface area contributed by atoms with E-state index in [4.69, 9.17) is 9.15 Å². The molecule has 1 amide bonds. The topological polar surface area (TPSA) is 89.3 Å². The normalized spacial score (nSPS) is 14.8. The van der Waals surface area contributed by atoms with Gasteiger partial charge >= 0.3 is 0 Å². The number of carbonyl (C=O) groups excluding carboxylic acids is 1. The first kappa shape index (κ1) is 17.3. The van der Waals surface area contributed by atoms with Crippen molar-refractivity contribution >= 4 is 22.8 Å². The van der Waals surface area contributed by atoms with E-state index in [1.54, 1.807) is 14.0 Å². The van der Waals surface area contributed by atoms with E-state index in [1.807, 2.05) is 24.3 Å². The van der Waals surface area contributed by atoms with Gasteiger partial charge in [0.15, 0.2) is 0 Å². The maximum absolute atomic E-state index is 12.9. The second-order valence-electron chi connectivity index (χ2n) is 7.16. The van der Waals surface area contributed by atoms with E-state index in [0.29, 0.717) is 34.8 Å². The molecule has 0 spiro atoms. The predicted molar refractivity (Wildman–Crippen MR) is 102 cm³/mol. The summed E-state index contributed by atoms with van der Waals surface area (Å²) >= 11 is 0. The molecule has 0 atom stereocenters. The Morgan fingerprint density at radius 1 is 1.33 bits per heavy atom. The minimum absolute atomic E-state index is 0.0286. The fourth-order valence-electron chi connectivity index (χ4n) is 3.06. The number of ether oxygens (including phenoxy) is 1. The molecule has 0 aliphatic heterocycles. The first-order valence-electron chi connectivity index (χ1n) is 8.92. The number of nitrogens with one attached hydrogen (secondary N) is 2. The van der Waals surface area contributed by atoms with Gasteiger partial charge in [-0.1, -0.05) is 12.1 Å². The van der Waals surface area contributed by atoms with Gasteiger partial charge in [-0.15, -0.1) is 0 Å². The molecule has 0 unspecified atom stereocenters. The van der Waals surface area contributed by atoms with Crippen LogP contribution >= 0.6 is 0 Å². The molecule has 1 aliphatic carbocycles. The Labute approximate surface area is 157 Å². The van der Waals surface area contributed by atoms with Gasteiger partial charge in [-0.3, -0.25) is 4.79 Å². The van der Waals surface area contributed by atoms with Crippen molar-refractivity contribution in [3.05, 3.63) is 47.5 Å². The van der Waals surface area contributed by atoms with Crippen molar-refractivity contribution in [2.45, 2.75) is 38.8 Å². The van der Waals surface area contributed by atoms with Gasteiger partial charge in [-0.2, -0.15) is 0 Å². The van der Waals surface area contributed by atoms with Crippen LogP contribution in [0.4, 0.5) is 5.82 Å². The Bertz CT molecular complexity index is 1010. The minimum Gasteiger partial charge on any atom is -0.497 e. The summed E-state index contributed by atoms with van der Waals surface area (Å²) in [5, 5.41) is 7.01. The fraction of sp³-hybridized carbons (Fsp3) is 0.350. The number of aromatic nitrogens is 2. The molecule has 2 aromatic heterocycles. The molecule has 140 valence electrons. The molecule has 2 heterocycles. The Balaban J connectivity index is 1.61. The molecule has 7 nitrogen and oxygen atoms in total. The number of carbonyl (C=O) groups is 1. The van der Waals surface area contributed by atoms with Crippen molar-refractivity contribution in [1.29, 1.82) is 0 Å². The van der Waals surface area contributed by atoms with Crippen molar-refractivity contribution in [1.82, 2.24) is 15.3 Å². The highest BCUT2D eigenvalue weighted by Crippen LogP contribution is 2.40. The Morgan fingerprint density at radius 2 is 2.15 bits per heavy atom. The number of furan rings is 1. The smallest absolute Gasteiger partial charge is 0.255 e. The summed E-state index contributed by atoms with van der Waals surface area (Å²) in [7, 11) is 1.62. The van der Waals surface area contributed by atoms with Crippen LogP contribution in [0.3, 0.4) is 0 Å². The molecule has 1 aromatic carbocycles. The van der Waals surface area contributed by atoms with Gasteiger partial charge < -0.3 is 19.8 Å². The third-order valence-electron chi connectivity index (χ3n) is 4.90. The number of amides is 1. The number of hydrogen-bond donors (Lipinski definition) is 2. The number of aryl methyl sites for hydroxylation is 1. The van der Waals surface area contributed by atoms with E-state index in [1.165, 1.54) is 6.33 Å². The lowest BCUT2D eigenvalue weighted by Gasteiger charge is -2.13. The van der Waals surface area contributed by atoms with Crippen LogP contribution in [0, 0.1) is 6.92 Å². The van der Waals surface area contributed by atoms with Crippen LogP contribution in [0.1, 0.15) is 41.4 Å². The van der Waals surface area contributed by atoms with Crippen molar-refractivity contribution < 1.29 is 13.9 Å². The van der Waals surface area contributed by atoms with Gasteiger partial charge in [0.1, 0.15) is 23.7 Å². The van der Waals surface area contributed by atoms with E-state index in [0.717, 1.165) is 24.2 Å². The lowest BCUT2D eigenvalue weighted by molar-refractivity contribution is 0.0950. The zero-order valence-electron chi connectivity index (χ0n) is 15.6. The summed E-state index contributed by atoms with van der Waals surface area (Å²) in [6.07, 6.45) is 3.61. The Hall–Kier alpha value is -3.09. The zero-order valence-corrected chi connectivity index (χ0v) is 15.6. The van der Waals surface area contributed by atoms with Crippen LogP contribution in [0.25, 0.3) is 11.1 Å². The number of fused-ring (bicyclic) bond motifs is 1. The lowest BCUT2D eigenvalue weighted by atomic mass is 10.1. The van der Waals surface area contributed by atoms with E-state index in [9.17, 15) is 4.79 Å². The summed E-state index contributed by atoms with van der Waals surface area (Å²) in [6.45, 7) is 4.29. The van der Waals surface area contributed by atoms with Gasteiger partial charge in [-0.05, 0) is 44.4 Å². The lowest BCUT2D eigenvalue weighted by Crippen LogP contribution is -2.24. The molecule has 3 aromatic rings. The average molecular weight is 366 g/mol. The van der Waals surface area contributed by atoms with Crippen LogP contribution < -0.4 is 15.4 Å². The van der Waals surface area contributed by atoms with E-state index in [2.05, 4.69) is 27.5 Å². The molecular weight excluding hydrogens is 344 g/mol. The molecule has 1 fully saturated rings. The van der Waals surface area contributed by atoms with E-state index in [-0.39, 0.29) is 11.4 Å². The van der Waals surface area contributed by atoms with Gasteiger partial charge in [0.25, 0.3) is 5.91 Å². The molecule has 1 aliphatic rings. The first-order chi connectivity index (χ1) is 13.0. The summed E-state index contributed by atoms with van der Waals surface area (Å²) in [5.41, 5.74) is 1.87. The number of anilines is 1. The quantitative estimate of drug-likeness (QED) is 0.695. The molecule has 27 heavy (non-hydrogen) atoms. The maximum atomic E-state index is 12.9. The van der Waals surface area contributed by atoms with Crippen molar-refractivity contribution in [2.75, 3.05) is 12.4 Å². The minimum atomic E-state index is -0.215. The predicted octanol–water partition coefficient (Wildman–Crippen LogP) is 3.43. The molecule has 0 saturated heterocycles. The second kappa shape index (κ2) is 6.57. The third kappa shape index (κ3) is 3.45. The monoisotopic (exact) mass is 366 g/mol. The zero-order chi connectivity index (χ0) is 19.0. The van der Waals surface area contributed by atoms with Gasteiger partial charge in [0, 0.05) is 12.1 Å². The van der Waals surface area contributed by atoms with Gasteiger partial charge in [-0.25, -0.2) is 9.97 Å². The fourth-order valence-corrected chi connectivity index (χ4v) is 3.06. The number of benzene rings is 1. The van der Waals surface area contributed by atoms with Crippen molar-refractivity contribution in [2.24, 2.45) is 0 Å². The number of nitrogens with zero attached hydrogens (tertiary/aromatic N) is 2. The average Bonchev–Trinajstić information content (AvgIpc) is 3.28. The van der Waals surface area contributed by atoms with Crippen LogP contribution in [0.2, 0.25) is 0 Å². The summed E-state index contributed by atoms with van der Waals surface area (Å²) < 4.78 is 10.9.